The lowest BCUT2D eigenvalue weighted by Crippen LogP contribution is -2.63. The number of quaternary nitrogens is 1. The molecule has 6 heterocycles. The zero-order valence-corrected chi connectivity index (χ0v) is 28.2. The van der Waals surface area contributed by atoms with Crippen LogP contribution in [0.1, 0.15) is 45.1 Å². The van der Waals surface area contributed by atoms with Crippen LogP contribution in [0.4, 0.5) is 5.69 Å². The normalized spacial score (nSPS) is 31.0. The molecule has 12 nitrogen and oxygen atoms in total. The Morgan fingerprint density at radius 3 is 2.55 bits per heavy atom. The number of rotatable bonds is 10. The van der Waals surface area contributed by atoms with Crippen LogP contribution >= 0.6 is 8.60 Å². The number of nitrogens with two attached hydrogens (primary N) is 1. The number of anilines is 1. The first kappa shape index (κ1) is 32.2. The Hall–Kier alpha value is -3.32. The van der Waals surface area contributed by atoms with E-state index in [9.17, 15) is 27.9 Å². The molecule has 2 aromatic carbocycles. The summed E-state index contributed by atoms with van der Waals surface area (Å²) in [5, 5.41) is 11.9. The highest BCUT2D eigenvalue weighted by Crippen LogP contribution is 2.51. The third-order valence-corrected chi connectivity index (χ3v) is 13.8. The van der Waals surface area contributed by atoms with Gasteiger partial charge in [0.1, 0.15) is 5.70 Å². The van der Waals surface area contributed by atoms with Crippen molar-refractivity contribution >= 4 is 60.8 Å². The number of primary amides is 1. The summed E-state index contributed by atoms with van der Waals surface area (Å²) in [6, 6.07) is 8.70. The molecule has 47 heavy (non-hydrogen) atoms. The van der Waals surface area contributed by atoms with Gasteiger partial charge in [0.25, 0.3) is 18.0 Å². The fraction of sp³-hybridized carbons (Fsp3) is 0.531. The summed E-state index contributed by atoms with van der Waals surface area (Å²) >= 11 is 0. The molecular formula is C32H38BN5O7PS+. The van der Waals surface area contributed by atoms with E-state index in [1.165, 1.54) is 16.1 Å². The predicted molar refractivity (Wildman–Crippen MR) is 175 cm³/mol. The number of hydrogen-bond donors (Lipinski definition) is 2. The fourth-order valence-electron chi connectivity index (χ4n) is 9.04. The van der Waals surface area contributed by atoms with Crippen molar-refractivity contribution in [3.05, 3.63) is 47.2 Å². The van der Waals surface area contributed by atoms with Gasteiger partial charge in [-0.1, -0.05) is 25.1 Å². The van der Waals surface area contributed by atoms with E-state index in [4.69, 9.17) is 18.2 Å². The van der Waals surface area contributed by atoms with Crippen molar-refractivity contribution in [3.63, 3.8) is 0 Å². The number of sulfonamides is 1. The first-order valence-electron chi connectivity index (χ1n) is 16.1. The number of carbonyl (C=O) groups excluding carboxylic acids is 3. The molecule has 8 rings (SSSR count). The van der Waals surface area contributed by atoms with Crippen LogP contribution in [0.15, 0.2) is 51.2 Å². The summed E-state index contributed by atoms with van der Waals surface area (Å²) in [5.41, 5.74) is 7.63. The standard InChI is InChI=1S/C32H37BN5O7PS/c1-18-22(29(31(42)45-46-35-33)37-28(18)26(19(2)39)30(37)41)17-36-23-5-3-4-21-20(6-7-24(27(21)23)47(36,43)44)8-12-38-13-9-32(10-14-38,11-15-38)16-25(34)40/h3-7,18-19,26,28,39H,8-17H2,1-2H3,(H-,34,40)/p+1. The molecule has 6 aliphatic rings. The monoisotopic (exact) mass is 678 g/mol. The largest absolute Gasteiger partial charge is 0.393 e. The van der Waals surface area contributed by atoms with E-state index < -0.39 is 45.9 Å². The van der Waals surface area contributed by atoms with Crippen molar-refractivity contribution in [2.75, 3.05) is 37.0 Å². The van der Waals surface area contributed by atoms with Gasteiger partial charge >= 0.3 is 5.97 Å². The van der Waals surface area contributed by atoms with Crippen LogP contribution in [0, 0.1) is 17.3 Å². The van der Waals surface area contributed by atoms with Crippen molar-refractivity contribution in [1.82, 2.24) is 4.90 Å². The molecule has 0 saturated carbocycles. The molecule has 4 saturated heterocycles. The quantitative estimate of drug-likeness (QED) is 0.169. The van der Waals surface area contributed by atoms with Crippen LogP contribution < -0.4 is 10.0 Å². The number of β-lactam (4-membered cyclic amide) rings is 1. The Balaban J connectivity index is 1.19. The first-order chi connectivity index (χ1) is 22.3. The molecule has 2 amide bonds. The van der Waals surface area contributed by atoms with Gasteiger partial charge in [-0.05, 0) is 41.0 Å². The van der Waals surface area contributed by atoms with Gasteiger partial charge in [0.05, 0.1) is 61.4 Å². The molecule has 0 aliphatic carbocycles. The van der Waals surface area contributed by atoms with Crippen LogP contribution in [0.5, 0.6) is 0 Å². The SMILES string of the molecule is [B]N=POC(=O)C1=C(CN2c3cccc4c(CC[N+]56CCC(CC(N)=O)(CC5)CC6)ccc(c34)S2(=O)=O)C(C)C2C(C(C)O)C(=O)N12. The highest BCUT2D eigenvalue weighted by molar-refractivity contribution is 7.93. The van der Waals surface area contributed by atoms with Crippen molar-refractivity contribution in [3.8, 4) is 0 Å². The maximum absolute atomic E-state index is 14.1. The van der Waals surface area contributed by atoms with E-state index in [-0.39, 0.29) is 37.1 Å². The van der Waals surface area contributed by atoms with E-state index in [2.05, 4.69) is 4.66 Å². The number of piperidine rings is 3. The van der Waals surface area contributed by atoms with Gasteiger partial charge in [0.2, 0.25) is 20.4 Å². The Morgan fingerprint density at radius 2 is 1.91 bits per heavy atom. The average molecular weight is 679 g/mol. The summed E-state index contributed by atoms with van der Waals surface area (Å²) in [5.74, 6) is -2.59. The molecule has 3 N–H and O–H groups in total. The number of carbonyl (C=O) groups is 3. The smallest absolute Gasteiger partial charge is 0.364 e. The summed E-state index contributed by atoms with van der Waals surface area (Å²) in [6.07, 6.45) is 3.30. The summed E-state index contributed by atoms with van der Waals surface area (Å²) in [6.45, 7) is 7.20. The number of benzene rings is 2. The van der Waals surface area contributed by atoms with Crippen LogP contribution in [-0.4, -0.2) is 93.5 Å². The van der Waals surface area contributed by atoms with E-state index >= 15 is 0 Å². The van der Waals surface area contributed by atoms with Crippen LogP contribution in [-0.2, 0) is 35.4 Å². The van der Waals surface area contributed by atoms with Gasteiger partial charge in [0.15, 0.2) is 0 Å². The molecular weight excluding hydrogens is 640 g/mol. The lowest BCUT2D eigenvalue weighted by molar-refractivity contribution is -0.945. The Morgan fingerprint density at radius 1 is 1.21 bits per heavy atom. The Labute approximate surface area is 276 Å². The Kier molecular flexibility index (Phi) is 7.82. The molecule has 6 aliphatic heterocycles. The third-order valence-electron chi connectivity index (χ3n) is 11.7. The minimum atomic E-state index is -4.00. The summed E-state index contributed by atoms with van der Waals surface area (Å²) in [4.78, 5) is 39.6. The molecule has 4 fully saturated rings. The highest BCUT2D eigenvalue weighted by Gasteiger charge is 2.60. The summed E-state index contributed by atoms with van der Waals surface area (Å²) in [7, 11) is 1.02. The second-order valence-corrected chi connectivity index (χ2v) is 16.4. The average Bonchev–Trinajstić information content (AvgIpc) is 3.41. The van der Waals surface area contributed by atoms with Crippen LogP contribution in [0.2, 0.25) is 0 Å². The van der Waals surface area contributed by atoms with Crippen LogP contribution in [0.25, 0.3) is 10.8 Å². The van der Waals surface area contributed by atoms with E-state index in [0.29, 0.717) is 23.1 Å². The maximum atomic E-state index is 14.1. The molecule has 4 atom stereocenters. The van der Waals surface area contributed by atoms with Crippen molar-refractivity contribution in [2.24, 2.45) is 27.6 Å². The second-order valence-electron chi connectivity index (χ2n) is 14.0. The molecule has 2 radical (unpaired) electrons. The van der Waals surface area contributed by atoms with E-state index in [0.717, 1.165) is 67.3 Å². The van der Waals surface area contributed by atoms with Gasteiger partial charge in [-0.15, -0.1) is 0 Å². The number of fused-ring (bicyclic) bond motifs is 4. The number of hydrogen-bond acceptors (Lipinski definition) is 8. The molecule has 15 heteroatoms. The van der Waals surface area contributed by atoms with Crippen molar-refractivity contribution < 1.29 is 36.9 Å². The van der Waals surface area contributed by atoms with Gasteiger partial charge in [-0.3, -0.25) is 13.9 Å². The zero-order valence-electron chi connectivity index (χ0n) is 26.5. The lowest BCUT2D eigenvalue weighted by Gasteiger charge is -2.54. The van der Waals surface area contributed by atoms with Crippen LogP contribution in [0.3, 0.4) is 0 Å². The second kappa shape index (κ2) is 11.4. The Bertz CT molecular complexity index is 1860. The molecule has 4 unspecified atom stereocenters. The molecule has 0 aromatic heterocycles. The number of aliphatic hydroxyl groups excluding tert-OH is 1. The van der Waals surface area contributed by atoms with Gasteiger partial charge in [-0.25, -0.2) is 13.2 Å². The lowest BCUT2D eigenvalue weighted by atomic mass is 9.68. The molecule has 0 spiro atoms. The van der Waals surface area contributed by atoms with Gasteiger partial charge < -0.3 is 29.4 Å². The predicted octanol–water partition coefficient (Wildman–Crippen LogP) is 2.55. The van der Waals surface area contributed by atoms with Gasteiger partial charge in [-0.2, -0.15) is 0 Å². The van der Waals surface area contributed by atoms with E-state index in [1.807, 2.05) is 25.1 Å². The first-order valence-corrected chi connectivity index (χ1v) is 18.3. The molecule has 246 valence electrons. The number of nitrogens with zero attached hydrogens (tertiary/aromatic N) is 4. The van der Waals surface area contributed by atoms with Gasteiger partial charge in [0, 0.05) is 43.4 Å². The fourth-order valence-corrected chi connectivity index (χ4v) is 10.9. The minimum Gasteiger partial charge on any atom is -0.393 e. The third kappa shape index (κ3) is 4.93. The van der Waals surface area contributed by atoms with Crippen molar-refractivity contribution in [1.29, 1.82) is 0 Å². The van der Waals surface area contributed by atoms with Crippen molar-refractivity contribution in [2.45, 2.75) is 63.0 Å². The number of amides is 2. The zero-order chi connectivity index (χ0) is 33.5. The molecule has 2 bridgehead atoms. The van der Waals surface area contributed by atoms with E-state index in [1.54, 1.807) is 12.1 Å². The number of aliphatic hydroxyl groups is 1. The maximum Gasteiger partial charge on any atom is 0.364 e. The minimum absolute atomic E-state index is 0.0172. The molecule has 2 aromatic rings. The summed E-state index contributed by atoms with van der Waals surface area (Å²) < 4.78 is 39.1. The topological polar surface area (TPSA) is 160 Å². The highest BCUT2D eigenvalue weighted by atomic mass is 32.2.